The highest BCUT2D eigenvalue weighted by Gasteiger charge is 2.02. The van der Waals surface area contributed by atoms with Crippen LogP contribution >= 0.6 is 0 Å². The Morgan fingerprint density at radius 2 is 1.80 bits per heavy atom. The maximum Gasteiger partial charge on any atom is 0.123 e. The summed E-state index contributed by atoms with van der Waals surface area (Å²) in [7, 11) is 0. The van der Waals surface area contributed by atoms with E-state index in [9.17, 15) is 0 Å². The van der Waals surface area contributed by atoms with Crippen LogP contribution < -0.4 is 5.73 Å². The third kappa shape index (κ3) is 2.74. The molecular weight excluding hydrogens is 248 g/mol. The molecule has 0 saturated carbocycles. The number of benzene rings is 2. The van der Waals surface area contributed by atoms with Gasteiger partial charge >= 0.3 is 0 Å². The summed E-state index contributed by atoms with van der Waals surface area (Å²) in [5.41, 5.74) is 9.18. The smallest absolute Gasteiger partial charge is 0.123 e. The van der Waals surface area contributed by atoms with Gasteiger partial charge in [-0.1, -0.05) is 36.4 Å². The van der Waals surface area contributed by atoms with Gasteiger partial charge < -0.3 is 15.0 Å². The third-order valence-corrected chi connectivity index (χ3v) is 3.41. The fourth-order valence-corrected chi connectivity index (χ4v) is 2.33. The molecule has 2 N–H and O–H groups in total. The molecule has 1 aromatic heterocycles. The van der Waals surface area contributed by atoms with Crippen molar-refractivity contribution in [2.45, 2.75) is 19.9 Å². The van der Waals surface area contributed by atoms with Gasteiger partial charge in [-0.2, -0.15) is 0 Å². The van der Waals surface area contributed by atoms with E-state index in [0.717, 1.165) is 5.56 Å². The maximum atomic E-state index is 5.77. The van der Waals surface area contributed by atoms with Crippen molar-refractivity contribution in [2.75, 3.05) is 0 Å². The zero-order valence-electron chi connectivity index (χ0n) is 11.3. The summed E-state index contributed by atoms with van der Waals surface area (Å²) in [6.45, 7) is 1.76. The minimum atomic E-state index is 0.556. The number of nitrogens with two attached hydrogens (primary N) is 1. The van der Waals surface area contributed by atoms with Crippen LogP contribution in [0.2, 0.25) is 0 Å². The molecule has 0 bridgehead atoms. The molecule has 1 heterocycles. The molecule has 3 aromatic rings. The predicted octanol–water partition coefficient (Wildman–Crippen LogP) is 3.27. The van der Waals surface area contributed by atoms with Crippen LogP contribution in [-0.4, -0.2) is 4.57 Å². The van der Waals surface area contributed by atoms with Gasteiger partial charge in [-0.05, 0) is 34.7 Å². The van der Waals surface area contributed by atoms with E-state index >= 15 is 0 Å². The first-order chi connectivity index (χ1) is 9.86. The predicted molar refractivity (Wildman–Crippen MR) is 81.1 cm³/mol. The van der Waals surface area contributed by atoms with E-state index < -0.39 is 0 Å². The van der Waals surface area contributed by atoms with Crippen LogP contribution in [0.5, 0.6) is 0 Å². The Labute approximate surface area is 118 Å². The van der Waals surface area contributed by atoms with Gasteiger partial charge in [0.15, 0.2) is 0 Å². The number of ether oxygens (including phenoxy) is 1. The summed E-state index contributed by atoms with van der Waals surface area (Å²) in [6, 6.07) is 18.6. The molecule has 0 radical (unpaired) electrons. The molecule has 3 rings (SSSR count). The number of fused-ring (bicyclic) bond motifs is 1. The van der Waals surface area contributed by atoms with Crippen LogP contribution in [0.4, 0.5) is 0 Å². The lowest BCUT2D eigenvalue weighted by atomic mass is 10.1. The Morgan fingerprint density at radius 3 is 2.60 bits per heavy atom. The Balaban J connectivity index is 1.69. The van der Waals surface area contributed by atoms with Gasteiger partial charge in [0.25, 0.3) is 0 Å². The first-order valence-electron chi connectivity index (χ1n) is 6.76. The second kappa shape index (κ2) is 5.90. The second-order valence-corrected chi connectivity index (χ2v) is 4.85. The zero-order chi connectivity index (χ0) is 13.8. The second-order valence-electron chi connectivity index (χ2n) is 4.85. The summed E-state index contributed by atoms with van der Waals surface area (Å²) in [4.78, 5) is 0. The molecule has 102 valence electrons. The van der Waals surface area contributed by atoms with Gasteiger partial charge in [-0.25, -0.2) is 0 Å². The van der Waals surface area contributed by atoms with E-state index in [2.05, 4.69) is 47.2 Å². The van der Waals surface area contributed by atoms with Crippen molar-refractivity contribution in [2.24, 2.45) is 5.73 Å². The van der Waals surface area contributed by atoms with E-state index in [-0.39, 0.29) is 0 Å². The molecule has 20 heavy (non-hydrogen) atoms. The molecular formula is C17H18N2O. The van der Waals surface area contributed by atoms with E-state index in [1.54, 1.807) is 0 Å². The van der Waals surface area contributed by atoms with E-state index in [0.29, 0.717) is 19.9 Å². The van der Waals surface area contributed by atoms with Crippen LogP contribution in [0.15, 0.2) is 60.8 Å². The molecule has 0 amide bonds. The van der Waals surface area contributed by atoms with Gasteiger partial charge in [0.05, 0.1) is 6.61 Å². The highest BCUT2D eigenvalue weighted by atomic mass is 16.5. The minimum absolute atomic E-state index is 0.556. The number of aromatic nitrogens is 1. The number of hydrogen-bond acceptors (Lipinski definition) is 2. The molecule has 0 unspecified atom stereocenters. The molecule has 0 aliphatic rings. The lowest BCUT2D eigenvalue weighted by molar-refractivity contribution is 0.0668. The molecule has 2 aromatic carbocycles. The number of nitrogens with zero attached hydrogens (tertiary/aromatic N) is 1. The van der Waals surface area contributed by atoms with Crippen LogP contribution in [0.3, 0.4) is 0 Å². The van der Waals surface area contributed by atoms with E-state index in [4.69, 9.17) is 10.5 Å². The molecule has 3 heteroatoms. The largest absolute Gasteiger partial charge is 0.356 e. The molecule has 0 aliphatic heterocycles. The lowest BCUT2D eigenvalue weighted by Gasteiger charge is -2.07. The van der Waals surface area contributed by atoms with Gasteiger partial charge in [0.2, 0.25) is 0 Å². The monoisotopic (exact) mass is 266 g/mol. The Hall–Kier alpha value is -2.10. The Kier molecular flexibility index (Phi) is 3.81. The van der Waals surface area contributed by atoms with Gasteiger partial charge in [0, 0.05) is 18.3 Å². The van der Waals surface area contributed by atoms with E-state index in [1.807, 2.05) is 18.2 Å². The lowest BCUT2D eigenvalue weighted by Crippen LogP contribution is -2.01. The first kappa shape index (κ1) is 12.9. The standard InChI is InChI=1S/C17H18N2O/c18-11-15-6-7-17-16(10-15)8-9-19(17)13-20-12-14-4-2-1-3-5-14/h1-10H,11-13,18H2. The van der Waals surface area contributed by atoms with Gasteiger partial charge in [-0.3, -0.25) is 0 Å². The van der Waals surface area contributed by atoms with Crippen LogP contribution in [0, 0.1) is 0 Å². The summed E-state index contributed by atoms with van der Waals surface area (Å²) in [6.07, 6.45) is 2.05. The van der Waals surface area contributed by atoms with Crippen LogP contribution in [0.1, 0.15) is 11.1 Å². The van der Waals surface area contributed by atoms with Crippen molar-refractivity contribution in [3.63, 3.8) is 0 Å². The molecule has 3 nitrogen and oxygen atoms in total. The highest BCUT2D eigenvalue weighted by molar-refractivity contribution is 5.80. The number of hydrogen-bond donors (Lipinski definition) is 1. The van der Waals surface area contributed by atoms with E-state index in [1.165, 1.54) is 16.5 Å². The topological polar surface area (TPSA) is 40.2 Å². The normalized spacial score (nSPS) is 11.1. The Morgan fingerprint density at radius 1 is 0.950 bits per heavy atom. The summed E-state index contributed by atoms with van der Waals surface area (Å²) >= 11 is 0. The quantitative estimate of drug-likeness (QED) is 0.770. The molecule has 0 spiro atoms. The average molecular weight is 266 g/mol. The van der Waals surface area contributed by atoms with Crippen LogP contribution in [-0.2, 0) is 24.6 Å². The molecule has 0 saturated heterocycles. The van der Waals surface area contributed by atoms with Crippen molar-refractivity contribution in [3.05, 3.63) is 71.9 Å². The summed E-state index contributed by atoms with van der Waals surface area (Å²) < 4.78 is 7.88. The fourth-order valence-electron chi connectivity index (χ4n) is 2.33. The van der Waals surface area contributed by atoms with Crippen LogP contribution in [0.25, 0.3) is 10.9 Å². The van der Waals surface area contributed by atoms with Gasteiger partial charge in [-0.15, -0.1) is 0 Å². The molecule has 0 fully saturated rings. The van der Waals surface area contributed by atoms with Crippen molar-refractivity contribution < 1.29 is 4.74 Å². The average Bonchev–Trinajstić information content (AvgIpc) is 2.91. The van der Waals surface area contributed by atoms with Crippen molar-refractivity contribution in [1.82, 2.24) is 4.57 Å². The highest BCUT2D eigenvalue weighted by Crippen LogP contribution is 2.18. The summed E-state index contributed by atoms with van der Waals surface area (Å²) in [5.74, 6) is 0. The first-order valence-corrected chi connectivity index (χ1v) is 6.76. The number of rotatable bonds is 5. The fraction of sp³-hybridized carbons (Fsp3) is 0.176. The summed E-state index contributed by atoms with van der Waals surface area (Å²) in [5, 5.41) is 1.20. The maximum absolute atomic E-state index is 5.77. The molecule has 0 aliphatic carbocycles. The van der Waals surface area contributed by atoms with Crippen molar-refractivity contribution >= 4 is 10.9 Å². The minimum Gasteiger partial charge on any atom is -0.356 e. The SMILES string of the molecule is NCc1ccc2c(ccn2COCc2ccccc2)c1. The third-order valence-electron chi connectivity index (χ3n) is 3.41. The molecule has 0 atom stereocenters. The van der Waals surface area contributed by atoms with Gasteiger partial charge in [0.1, 0.15) is 6.73 Å². The zero-order valence-corrected chi connectivity index (χ0v) is 11.3. The Bertz CT molecular complexity index is 689. The van der Waals surface area contributed by atoms with Crippen molar-refractivity contribution in [3.8, 4) is 0 Å². The van der Waals surface area contributed by atoms with Crippen molar-refractivity contribution in [1.29, 1.82) is 0 Å².